The molecule has 0 bridgehead atoms. The van der Waals surface area contributed by atoms with Gasteiger partial charge in [-0.3, -0.25) is 0 Å². The van der Waals surface area contributed by atoms with E-state index in [4.69, 9.17) is 5.26 Å². The van der Waals surface area contributed by atoms with Gasteiger partial charge in [0.2, 0.25) is 0 Å². The zero-order valence-electron chi connectivity index (χ0n) is 11.5. The van der Waals surface area contributed by atoms with Crippen LogP contribution < -0.4 is 0 Å². The average molecular weight is 299 g/mol. The van der Waals surface area contributed by atoms with Gasteiger partial charge in [0.1, 0.15) is 0 Å². The van der Waals surface area contributed by atoms with Crippen molar-refractivity contribution < 1.29 is 13.2 Å². The summed E-state index contributed by atoms with van der Waals surface area (Å²) in [6.45, 7) is 0. The van der Waals surface area contributed by atoms with Gasteiger partial charge in [0.15, 0.2) is 0 Å². The van der Waals surface area contributed by atoms with Gasteiger partial charge in [0.05, 0.1) is 17.2 Å². The zero-order valence-corrected chi connectivity index (χ0v) is 11.5. The standard InChI is InChI=1S/C18H12F3N/c19-18(20,21)17-11-5-9-15(12-17)16(13-22)10-4-8-14-6-2-1-3-7-14/h1-12H/b8-4+,16-10+. The molecule has 22 heavy (non-hydrogen) atoms. The summed E-state index contributed by atoms with van der Waals surface area (Å²) in [5.74, 6) is 0. The molecule has 0 atom stereocenters. The molecule has 0 aliphatic carbocycles. The lowest BCUT2D eigenvalue weighted by molar-refractivity contribution is -0.137. The minimum atomic E-state index is -4.42. The number of nitrogens with zero attached hydrogens (tertiary/aromatic N) is 1. The monoisotopic (exact) mass is 299 g/mol. The lowest BCUT2D eigenvalue weighted by Gasteiger charge is -2.07. The molecule has 2 rings (SSSR count). The molecule has 0 heterocycles. The summed E-state index contributed by atoms with van der Waals surface area (Å²) in [5, 5.41) is 9.14. The fourth-order valence-corrected chi connectivity index (χ4v) is 1.88. The minimum absolute atomic E-state index is 0.179. The number of alkyl halides is 3. The van der Waals surface area contributed by atoms with E-state index in [1.807, 2.05) is 36.4 Å². The van der Waals surface area contributed by atoms with Crippen molar-refractivity contribution in [2.24, 2.45) is 0 Å². The minimum Gasteiger partial charge on any atom is -0.192 e. The molecule has 0 aliphatic rings. The second kappa shape index (κ2) is 6.77. The maximum atomic E-state index is 12.7. The lowest BCUT2D eigenvalue weighted by atomic mass is 10.0. The van der Waals surface area contributed by atoms with E-state index in [0.717, 1.165) is 17.7 Å². The fourth-order valence-electron chi connectivity index (χ4n) is 1.88. The molecule has 1 nitrogen and oxygen atoms in total. The number of hydrogen-bond acceptors (Lipinski definition) is 1. The molecule has 0 spiro atoms. The molecule has 0 saturated carbocycles. The van der Waals surface area contributed by atoms with Crippen molar-refractivity contribution in [2.45, 2.75) is 6.18 Å². The number of halogens is 3. The Morgan fingerprint density at radius 3 is 2.36 bits per heavy atom. The summed E-state index contributed by atoms with van der Waals surface area (Å²) >= 11 is 0. The van der Waals surface area contributed by atoms with Crippen LogP contribution in [0.5, 0.6) is 0 Å². The molecule has 0 amide bonds. The van der Waals surface area contributed by atoms with Gasteiger partial charge < -0.3 is 0 Å². The molecule has 0 radical (unpaired) electrons. The highest BCUT2D eigenvalue weighted by molar-refractivity contribution is 5.79. The predicted octanol–water partition coefficient (Wildman–Crippen LogP) is 5.33. The number of rotatable bonds is 3. The van der Waals surface area contributed by atoms with Crippen molar-refractivity contribution in [1.29, 1.82) is 5.26 Å². The first-order chi connectivity index (χ1) is 10.5. The number of benzene rings is 2. The van der Waals surface area contributed by atoms with Crippen LogP contribution in [-0.2, 0) is 6.18 Å². The smallest absolute Gasteiger partial charge is 0.192 e. The van der Waals surface area contributed by atoms with E-state index in [1.54, 1.807) is 12.2 Å². The molecular formula is C18H12F3N. The van der Waals surface area contributed by atoms with Crippen LogP contribution in [0.1, 0.15) is 16.7 Å². The Labute approximate surface area is 126 Å². The Morgan fingerprint density at radius 1 is 1.00 bits per heavy atom. The number of allylic oxidation sites excluding steroid dienone is 3. The fraction of sp³-hybridized carbons (Fsp3) is 0.0556. The maximum Gasteiger partial charge on any atom is 0.416 e. The summed E-state index contributed by atoms with van der Waals surface area (Å²) in [6.07, 6.45) is 0.512. The normalized spacial score (nSPS) is 12.4. The largest absolute Gasteiger partial charge is 0.416 e. The summed E-state index contributed by atoms with van der Waals surface area (Å²) in [6, 6.07) is 16.1. The summed E-state index contributed by atoms with van der Waals surface area (Å²) in [7, 11) is 0. The third-order valence-electron chi connectivity index (χ3n) is 2.97. The van der Waals surface area contributed by atoms with E-state index in [0.29, 0.717) is 0 Å². The molecule has 0 saturated heterocycles. The summed E-state index contributed by atoms with van der Waals surface area (Å²) in [5.41, 5.74) is 0.603. The lowest BCUT2D eigenvalue weighted by Crippen LogP contribution is -2.04. The van der Waals surface area contributed by atoms with Gasteiger partial charge in [-0.1, -0.05) is 54.6 Å². The van der Waals surface area contributed by atoms with Crippen LogP contribution >= 0.6 is 0 Å². The topological polar surface area (TPSA) is 23.8 Å². The third kappa shape index (κ3) is 4.10. The summed E-state index contributed by atoms with van der Waals surface area (Å²) in [4.78, 5) is 0. The van der Waals surface area contributed by atoms with Crippen molar-refractivity contribution in [3.8, 4) is 6.07 Å². The molecule has 0 aromatic heterocycles. The van der Waals surface area contributed by atoms with Gasteiger partial charge in [0.25, 0.3) is 0 Å². The van der Waals surface area contributed by atoms with Crippen LogP contribution in [0.3, 0.4) is 0 Å². The first-order valence-electron chi connectivity index (χ1n) is 6.52. The Balaban J connectivity index is 2.27. The quantitative estimate of drug-likeness (QED) is 0.555. The Hall–Kier alpha value is -2.80. The molecule has 0 N–H and O–H groups in total. The van der Waals surface area contributed by atoms with Gasteiger partial charge in [-0.05, 0) is 29.3 Å². The Bertz CT molecular complexity index is 735. The molecule has 0 aliphatic heterocycles. The van der Waals surface area contributed by atoms with Gasteiger partial charge in [0, 0.05) is 0 Å². The molecule has 0 fully saturated rings. The Kier molecular flexibility index (Phi) is 4.80. The van der Waals surface area contributed by atoms with Crippen LogP contribution in [0.25, 0.3) is 11.6 Å². The van der Waals surface area contributed by atoms with Crippen LogP contribution in [0, 0.1) is 11.3 Å². The maximum absolute atomic E-state index is 12.7. The van der Waals surface area contributed by atoms with Crippen molar-refractivity contribution in [3.63, 3.8) is 0 Å². The molecular weight excluding hydrogens is 287 g/mol. The molecule has 2 aromatic rings. The van der Waals surface area contributed by atoms with E-state index in [2.05, 4.69) is 0 Å². The van der Waals surface area contributed by atoms with Gasteiger partial charge in [-0.25, -0.2) is 0 Å². The molecule has 110 valence electrons. The van der Waals surface area contributed by atoms with E-state index < -0.39 is 11.7 Å². The number of hydrogen-bond donors (Lipinski definition) is 0. The highest BCUT2D eigenvalue weighted by Crippen LogP contribution is 2.30. The van der Waals surface area contributed by atoms with Crippen molar-refractivity contribution in [2.75, 3.05) is 0 Å². The van der Waals surface area contributed by atoms with Gasteiger partial charge in [-0.2, -0.15) is 18.4 Å². The molecule has 4 heteroatoms. The van der Waals surface area contributed by atoms with E-state index in [9.17, 15) is 13.2 Å². The molecule has 0 unspecified atom stereocenters. The van der Waals surface area contributed by atoms with Crippen LogP contribution in [0.15, 0.2) is 66.7 Å². The molecule has 2 aromatic carbocycles. The van der Waals surface area contributed by atoms with Gasteiger partial charge >= 0.3 is 6.18 Å². The highest BCUT2D eigenvalue weighted by atomic mass is 19.4. The van der Waals surface area contributed by atoms with Crippen molar-refractivity contribution in [3.05, 3.63) is 83.4 Å². The first kappa shape index (κ1) is 15.6. The second-order valence-electron chi connectivity index (χ2n) is 4.54. The van der Waals surface area contributed by atoms with Crippen LogP contribution in [0.4, 0.5) is 13.2 Å². The highest BCUT2D eigenvalue weighted by Gasteiger charge is 2.30. The second-order valence-corrected chi connectivity index (χ2v) is 4.54. The van der Waals surface area contributed by atoms with Gasteiger partial charge in [-0.15, -0.1) is 0 Å². The third-order valence-corrected chi connectivity index (χ3v) is 2.97. The SMILES string of the molecule is N#C/C(=C\C=C\c1ccccc1)c1cccc(C(F)(F)F)c1. The van der Waals surface area contributed by atoms with E-state index in [1.165, 1.54) is 18.2 Å². The zero-order chi connectivity index (χ0) is 16.0. The van der Waals surface area contributed by atoms with E-state index >= 15 is 0 Å². The van der Waals surface area contributed by atoms with Crippen molar-refractivity contribution >= 4 is 11.6 Å². The first-order valence-corrected chi connectivity index (χ1v) is 6.52. The van der Waals surface area contributed by atoms with E-state index in [-0.39, 0.29) is 11.1 Å². The average Bonchev–Trinajstić information content (AvgIpc) is 2.52. The Morgan fingerprint density at radius 2 is 1.73 bits per heavy atom. The summed E-state index contributed by atoms with van der Waals surface area (Å²) < 4.78 is 38.1. The van der Waals surface area contributed by atoms with Crippen LogP contribution in [-0.4, -0.2) is 0 Å². The number of nitriles is 1. The van der Waals surface area contributed by atoms with Crippen LogP contribution in [0.2, 0.25) is 0 Å². The predicted molar refractivity (Wildman–Crippen MR) is 80.5 cm³/mol. The van der Waals surface area contributed by atoms with Crippen molar-refractivity contribution in [1.82, 2.24) is 0 Å².